The number of carbonyl (C=O) groups is 1. The van der Waals surface area contributed by atoms with Crippen LogP contribution in [0.2, 0.25) is 5.02 Å². The first-order valence-corrected chi connectivity index (χ1v) is 8.78. The fourth-order valence-corrected chi connectivity index (χ4v) is 3.81. The van der Waals surface area contributed by atoms with Gasteiger partial charge < -0.3 is 15.4 Å². The van der Waals surface area contributed by atoms with Crippen LogP contribution < -0.4 is 10.6 Å². The summed E-state index contributed by atoms with van der Waals surface area (Å²) in [4.78, 5) is 17.5. The third-order valence-electron chi connectivity index (χ3n) is 4.87. The fraction of sp³-hybridized carbons (Fsp3) is 0.316. The molecule has 4 rings (SSSR count). The van der Waals surface area contributed by atoms with Gasteiger partial charge in [-0.05, 0) is 29.8 Å². The predicted octanol–water partition coefficient (Wildman–Crippen LogP) is 2.78. The maximum atomic E-state index is 13.3. The van der Waals surface area contributed by atoms with Crippen molar-refractivity contribution in [1.29, 1.82) is 0 Å². The Labute approximate surface area is 151 Å². The standard InChI is InChI=1S/C19H20ClN3O2/c20-17-9-14(21)5-6-16(17)19(24)23-11-15-12-25-8-7-22(15)10-13-3-1-2-4-18(13)23/h1-6,9,15H,7-8,10-12,21H2/t15-/m0/s1. The Morgan fingerprint density at radius 3 is 2.92 bits per heavy atom. The largest absolute Gasteiger partial charge is 0.399 e. The third kappa shape index (κ3) is 3.11. The van der Waals surface area contributed by atoms with Gasteiger partial charge in [0, 0.05) is 31.0 Å². The van der Waals surface area contributed by atoms with E-state index in [4.69, 9.17) is 22.1 Å². The van der Waals surface area contributed by atoms with Crippen LogP contribution in [0.25, 0.3) is 0 Å². The Hall–Kier alpha value is -2.08. The van der Waals surface area contributed by atoms with Crippen LogP contribution in [-0.4, -0.2) is 43.2 Å². The molecule has 1 atom stereocenters. The lowest BCUT2D eigenvalue weighted by molar-refractivity contribution is -0.00653. The van der Waals surface area contributed by atoms with Crippen molar-refractivity contribution in [3.05, 3.63) is 58.6 Å². The molecule has 2 aromatic carbocycles. The van der Waals surface area contributed by atoms with Crippen molar-refractivity contribution in [3.63, 3.8) is 0 Å². The van der Waals surface area contributed by atoms with Crippen molar-refractivity contribution in [2.75, 3.05) is 36.9 Å². The number of ether oxygens (including phenoxy) is 1. The molecule has 0 spiro atoms. The number of fused-ring (bicyclic) bond motifs is 2. The van der Waals surface area contributed by atoms with Gasteiger partial charge in [0.15, 0.2) is 0 Å². The highest BCUT2D eigenvalue weighted by Crippen LogP contribution is 2.31. The van der Waals surface area contributed by atoms with Gasteiger partial charge in [0.05, 0.1) is 29.8 Å². The number of nitrogens with two attached hydrogens (primary N) is 1. The Balaban J connectivity index is 1.75. The number of amides is 1. The summed E-state index contributed by atoms with van der Waals surface area (Å²) in [5.74, 6) is -0.107. The summed E-state index contributed by atoms with van der Waals surface area (Å²) >= 11 is 6.29. The van der Waals surface area contributed by atoms with E-state index in [0.717, 1.165) is 30.9 Å². The van der Waals surface area contributed by atoms with Gasteiger partial charge in [-0.2, -0.15) is 0 Å². The molecule has 2 aliphatic heterocycles. The molecule has 6 heteroatoms. The second-order valence-electron chi connectivity index (χ2n) is 6.48. The van der Waals surface area contributed by atoms with Crippen LogP contribution in [0.5, 0.6) is 0 Å². The summed E-state index contributed by atoms with van der Waals surface area (Å²) in [7, 11) is 0. The maximum Gasteiger partial charge on any atom is 0.259 e. The molecule has 0 aromatic heterocycles. The van der Waals surface area contributed by atoms with Crippen molar-refractivity contribution in [2.45, 2.75) is 12.6 Å². The molecule has 0 bridgehead atoms. The number of morpholine rings is 1. The minimum Gasteiger partial charge on any atom is -0.399 e. The second kappa shape index (κ2) is 6.67. The van der Waals surface area contributed by atoms with Crippen molar-refractivity contribution in [1.82, 2.24) is 4.90 Å². The lowest BCUT2D eigenvalue weighted by atomic mass is 10.1. The van der Waals surface area contributed by atoms with Gasteiger partial charge in [0.25, 0.3) is 5.91 Å². The predicted molar refractivity (Wildman–Crippen MR) is 99.0 cm³/mol. The number of hydrogen-bond acceptors (Lipinski definition) is 4. The van der Waals surface area contributed by atoms with E-state index in [-0.39, 0.29) is 11.9 Å². The molecular formula is C19H20ClN3O2. The van der Waals surface area contributed by atoms with E-state index in [1.54, 1.807) is 18.2 Å². The fourth-order valence-electron chi connectivity index (χ4n) is 3.54. The van der Waals surface area contributed by atoms with E-state index in [2.05, 4.69) is 11.0 Å². The summed E-state index contributed by atoms with van der Waals surface area (Å²) in [5, 5.41) is 0.378. The Morgan fingerprint density at radius 2 is 2.08 bits per heavy atom. The quantitative estimate of drug-likeness (QED) is 0.797. The van der Waals surface area contributed by atoms with E-state index in [1.807, 2.05) is 23.1 Å². The van der Waals surface area contributed by atoms with Crippen LogP contribution in [0.15, 0.2) is 42.5 Å². The molecule has 1 fully saturated rings. The molecule has 0 aliphatic carbocycles. The van der Waals surface area contributed by atoms with E-state index in [9.17, 15) is 4.79 Å². The number of benzene rings is 2. The number of rotatable bonds is 1. The van der Waals surface area contributed by atoms with Gasteiger partial charge in [-0.15, -0.1) is 0 Å². The molecule has 0 unspecified atom stereocenters. The molecule has 1 amide bonds. The minimum absolute atomic E-state index is 0.107. The number of carbonyl (C=O) groups excluding carboxylic acids is 1. The summed E-state index contributed by atoms with van der Waals surface area (Å²) < 4.78 is 5.64. The van der Waals surface area contributed by atoms with E-state index >= 15 is 0 Å². The Bertz CT molecular complexity index is 811. The minimum atomic E-state index is -0.107. The van der Waals surface area contributed by atoms with Crippen molar-refractivity contribution < 1.29 is 9.53 Å². The molecular weight excluding hydrogens is 338 g/mol. The molecule has 2 heterocycles. The maximum absolute atomic E-state index is 13.3. The molecule has 0 saturated carbocycles. The van der Waals surface area contributed by atoms with Gasteiger partial charge >= 0.3 is 0 Å². The highest BCUT2D eigenvalue weighted by Gasteiger charge is 2.33. The first kappa shape index (κ1) is 16.4. The average molecular weight is 358 g/mol. The molecule has 5 nitrogen and oxygen atoms in total. The van der Waals surface area contributed by atoms with Crippen LogP contribution in [-0.2, 0) is 11.3 Å². The van der Waals surface area contributed by atoms with Gasteiger partial charge in [0.2, 0.25) is 0 Å². The molecule has 1 saturated heterocycles. The molecule has 130 valence electrons. The number of hydrogen-bond donors (Lipinski definition) is 1. The van der Waals surface area contributed by atoms with Gasteiger partial charge in [-0.25, -0.2) is 0 Å². The van der Waals surface area contributed by atoms with Gasteiger partial charge in [-0.1, -0.05) is 29.8 Å². The van der Waals surface area contributed by atoms with E-state index < -0.39 is 0 Å². The number of nitrogen functional groups attached to an aromatic ring is 1. The van der Waals surface area contributed by atoms with Crippen molar-refractivity contribution in [2.24, 2.45) is 0 Å². The summed E-state index contributed by atoms with van der Waals surface area (Å²) in [6.45, 7) is 3.65. The summed E-state index contributed by atoms with van der Waals surface area (Å²) in [6.07, 6.45) is 0. The van der Waals surface area contributed by atoms with Crippen molar-refractivity contribution in [3.8, 4) is 0 Å². The Morgan fingerprint density at radius 1 is 1.24 bits per heavy atom. The number of halogens is 1. The van der Waals surface area contributed by atoms with Gasteiger partial charge in [0.1, 0.15) is 0 Å². The van der Waals surface area contributed by atoms with E-state index in [0.29, 0.717) is 29.4 Å². The average Bonchev–Trinajstić information content (AvgIpc) is 2.78. The highest BCUT2D eigenvalue weighted by molar-refractivity contribution is 6.34. The monoisotopic (exact) mass is 357 g/mol. The highest BCUT2D eigenvalue weighted by atomic mass is 35.5. The van der Waals surface area contributed by atoms with Crippen LogP contribution >= 0.6 is 11.6 Å². The zero-order valence-electron chi connectivity index (χ0n) is 13.8. The number of anilines is 2. The lowest BCUT2D eigenvalue weighted by Gasteiger charge is -2.35. The first-order valence-electron chi connectivity index (χ1n) is 8.40. The molecule has 25 heavy (non-hydrogen) atoms. The lowest BCUT2D eigenvalue weighted by Crippen LogP contribution is -2.50. The first-order chi connectivity index (χ1) is 12.1. The molecule has 2 aromatic rings. The van der Waals surface area contributed by atoms with Crippen LogP contribution in [0.1, 0.15) is 15.9 Å². The Kier molecular flexibility index (Phi) is 4.37. The zero-order valence-corrected chi connectivity index (χ0v) is 14.6. The normalized spacial score (nSPS) is 20.5. The molecule has 2 N–H and O–H groups in total. The zero-order chi connectivity index (χ0) is 17.4. The molecule has 2 aliphatic rings. The van der Waals surface area contributed by atoms with Crippen molar-refractivity contribution >= 4 is 28.9 Å². The second-order valence-corrected chi connectivity index (χ2v) is 6.89. The van der Waals surface area contributed by atoms with Crippen LogP contribution in [0, 0.1) is 0 Å². The summed E-state index contributed by atoms with van der Waals surface area (Å²) in [5.41, 5.74) is 8.86. The SMILES string of the molecule is Nc1ccc(C(=O)N2C[C@H]3COCCN3Cc3ccccc32)c(Cl)c1. The van der Waals surface area contributed by atoms with E-state index in [1.165, 1.54) is 0 Å². The topological polar surface area (TPSA) is 58.8 Å². The smallest absolute Gasteiger partial charge is 0.259 e. The summed E-state index contributed by atoms with van der Waals surface area (Å²) in [6, 6.07) is 13.3. The van der Waals surface area contributed by atoms with Crippen LogP contribution in [0.4, 0.5) is 11.4 Å². The van der Waals surface area contributed by atoms with Gasteiger partial charge in [-0.3, -0.25) is 9.69 Å². The third-order valence-corrected chi connectivity index (χ3v) is 5.18. The number of para-hydroxylation sites is 1. The molecule has 0 radical (unpaired) electrons. The van der Waals surface area contributed by atoms with Crippen LogP contribution in [0.3, 0.4) is 0 Å². The number of nitrogens with zero attached hydrogens (tertiary/aromatic N) is 2.